The predicted molar refractivity (Wildman–Crippen MR) is 73.2 cm³/mol. The molecule has 1 aliphatic carbocycles. The highest BCUT2D eigenvalue weighted by Crippen LogP contribution is 2.18. The van der Waals surface area contributed by atoms with Crippen LogP contribution in [0.3, 0.4) is 0 Å². The molecule has 2 aliphatic rings. The summed E-state index contributed by atoms with van der Waals surface area (Å²) in [4.78, 5) is 11.8. The van der Waals surface area contributed by atoms with Gasteiger partial charge in [0.25, 0.3) is 0 Å². The average Bonchev–Trinajstić information content (AvgIpc) is 3.00. The van der Waals surface area contributed by atoms with Crippen LogP contribution in [-0.2, 0) is 11.3 Å². The van der Waals surface area contributed by atoms with Gasteiger partial charge in [-0.15, -0.1) is 0 Å². The van der Waals surface area contributed by atoms with E-state index in [2.05, 4.69) is 10.6 Å². The van der Waals surface area contributed by atoms with Gasteiger partial charge in [-0.1, -0.05) is 18.9 Å². The number of anilines is 1. The van der Waals surface area contributed by atoms with Crippen LogP contribution in [0.2, 0.25) is 0 Å². The zero-order valence-electron chi connectivity index (χ0n) is 10.7. The number of carbonyl (C=O) groups excluding carboxylic acids is 1. The highest BCUT2D eigenvalue weighted by atomic mass is 16.5. The molecule has 1 fully saturated rings. The minimum Gasteiger partial charge on any atom is -0.423 e. The Morgan fingerprint density at radius 2 is 2.16 bits per heavy atom. The van der Waals surface area contributed by atoms with Gasteiger partial charge in [0.15, 0.2) is 0 Å². The number of nitrogens with one attached hydrogen (secondary N) is 2. The lowest BCUT2D eigenvalue weighted by Crippen LogP contribution is -2.36. The molecule has 0 radical (unpaired) electrons. The van der Waals surface area contributed by atoms with Crippen molar-refractivity contribution in [3.8, 4) is 0 Å². The third-order valence-electron chi connectivity index (χ3n) is 3.76. The van der Waals surface area contributed by atoms with Crippen molar-refractivity contribution in [1.29, 1.82) is 0 Å². The minimum absolute atomic E-state index is 0.180. The molecule has 3 rings (SSSR count). The maximum Gasteiger partial charge on any atom is 0.491 e. The van der Waals surface area contributed by atoms with Crippen LogP contribution in [0, 0.1) is 0 Å². The SMILES string of the molecule is O=C(Nc1ccc2c(c1)B(O)OC2)NC1CCCC1. The molecule has 1 heterocycles. The Balaban J connectivity index is 1.63. The van der Waals surface area contributed by atoms with E-state index in [1.165, 1.54) is 12.8 Å². The van der Waals surface area contributed by atoms with Crippen LogP contribution in [0.15, 0.2) is 18.2 Å². The van der Waals surface area contributed by atoms with Crippen molar-refractivity contribution in [2.75, 3.05) is 5.32 Å². The summed E-state index contributed by atoms with van der Waals surface area (Å²) in [5, 5.41) is 15.4. The first-order valence-electron chi connectivity index (χ1n) is 6.72. The molecule has 0 spiro atoms. The van der Waals surface area contributed by atoms with Crippen molar-refractivity contribution in [3.63, 3.8) is 0 Å². The fourth-order valence-corrected chi connectivity index (χ4v) is 2.72. The molecule has 0 atom stereocenters. The van der Waals surface area contributed by atoms with Crippen molar-refractivity contribution in [3.05, 3.63) is 23.8 Å². The third kappa shape index (κ3) is 2.74. The van der Waals surface area contributed by atoms with Crippen molar-refractivity contribution in [2.45, 2.75) is 38.3 Å². The van der Waals surface area contributed by atoms with Crippen molar-refractivity contribution in [2.24, 2.45) is 0 Å². The van der Waals surface area contributed by atoms with Crippen LogP contribution >= 0.6 is 0 Å². The number of amides is 2. The van der Waals surface area contributed by atoms with Crippen molar-refractivity contribution >= 4 is 24.3 Å². The molecule has 19 heavy (non-hydrogen) atoms. The first-order chi connectivity index (χ1) is 9.22. The number of hydrogen-bond acceptors (Lipinski definition) is 3. The van der Waals surface area contributed by atoms with Crippen LogP contribution in [0.4, 0.5) is 10.5 Å². The number of fused-ring (bicyclic) bond motifs is 1. The normalized spacial score (nSPS) is 18.5. The van der Waals surface area contributed by atoms with Gasteiger partial charge in [0.1, 0.15) is 0 Å². The van der Waals surface area contributed by atoms with E-state index in [1.54, 1.807) is 6.07 Å². The zero-order valence-corrected chi connectivity index (χ0v) is 10.7. The fourth-order valence-electron chi connectivity index (χ4n) is 2.72. The van der Waals surface area contributed by atoms with E-state index in [-0.39, 0.29) is 6.03 Å². The Morgan fingerprint density at radius 3 is 2.95 bits per heavy atom. The lowest BCUT2D eigenvalue weighted by Gasteiger charge is -2.13. The smallest absolute Gasteiger partial charge is 0.423 e. The third-order valence-corrected chi connectivity index (χ3v) is 3.76. The molecule has 100 valence electrons. The molecule has 1 aliphatic heterocycles. The topological polar surface area (TPSA) is 70.6 Å². The molecule has 6 heteroatoms. The lowest BCUT2D eigenvalue weighted by molar-refractivity contribution is 0.248. The molecule has 2 amide bonds. The Labute approximate surface area is 112 Å². The molecule has 0 unspecified atom stereocenters. The Hall–Kier alpha value is -1.53. The van der Waals surface area contributed by atoms with E-state index >= 15 is 0 Å². The van der Waals surface area contributed by atoms with E-state index in [4.69, 9.17) is 4.65 Å². The monoisotopic (exact) mass is 260 g/mol. The van der Waals surface area contributed by atoms with Crippen LogP contribution in [-0.4, -0.2) is 24.2 Å². The second kappa shape index (κ2) is 5.23. The van der Waals surface area contributed by atoms with Gasteiger partial charge in [0.2, 0.25) is 0 Å². The quantitative estimate of drug-likeness (QED) is 0.694. The maximum atomic E-state index is 11.8. The van der Waals surface area contributed by atoms with Crippen LogP contribution < -0.4 is 16.1 Å². The summed E-state index contributed by atoms with van der Waals surface area (Å²) >= 11 is 0. The molecule has 1 saturated carbocycles. The average molecular weight is 260 g/mol. The molecule has 0 aromatic heterocycles. The standard InChI is InChI=1S/C13H17BN2O3/c17-13(15-10-3-1-2-4-10)16-11-6-5-9-8-19-14(18)12(9)7-11/h5-7,10,18H,1-4,8H2,(H2,15,16,17). The van der Waals surface area contributed by atoms with Gasteiger partial charge >= 0.3 is 13.1 Å². The molecule has 1 aromatic rings. The number of urea groups is 1. The molecule has 3 N–H and O–H groups in total. The Morgan fingerprint density at radius 1 is 1.37 bits per heavy atom. The van der Waals surface area contributed by atoms with Crippen molar-refractivity contribution in [1.82, 2.24) is 5.32 Å². The summed E-state index contributed by atoms with van der Waals surface area (Å²) in [5.41, 5.74) is 2.38. The van der Waals surface area contributed by atoms with Crippen LogP contribution in [0.1, 0.15) is 31.2 Å². The summed E-state index contributed by atoms with van der Waals surface area (Å²) in [5.74, 6) is 0. The molecule has 5 nitrogen and oxygen atoms in total. The fraction of sp³-hybridized carbons (Fsp3) is 0.462. The largest absolute Gasteiger partial charge is 0.491 e. The summed E-state index contributed by atoms with van der Waals surface area (Å²) < 4.78 is 5.12. The summed E-state index contributed by atoms with van der Waals surface area (Å²) in [6, 6.07) is 5.58. The van der Waals surface area contributed by atoms with Gasteiger partial charge < -0.3 is 20.3 Å². The van der Waals surface area contributed by atoms with Gasteiger partial charge in [-0.05, 0) is 36.0 Å². The molecule has 0 bridgehead atoms. The van der Waals surface area contributed by atoms with E-state index in [1.807, 2.05) is 12.1 Å². The van der Waals surface area contributed by atoms with Gasteiger partial charge in [-0.3, -0.25) is 0 Å². The zero-order chi connectivity index (χ0) is 13.2. The molecular formula is C13H17BN2O3. The lowest BCUT2D eigenvalue weighted by atomic mass is 9.79. The summed E-state index contributed by atoms with van der Waals surface area (Å²) in [6.45, 7) is 0.422. The molecule has 1 aromatic carbocycles. The van der Waals surface area contributed by atoms with Gasteiger partial charge in [-0.25, -0.2) is 4.79 Å². The second-order valence-corrected chi connectivity index (χ2v) is 5.16. The predicted octanol–water partition coefficient (Wildman–Crippen LogP) is 0.968. The van der Waals surface area contributed by atoms with Gasteiger partial charge in [0.05, 0.1) is 6.61 Å². The minimum atomic E-state index is -0.880. The maximum absolute atomic E-state index is 11.8. The first kappa shape index (κ1) is 12.5. The summed E-state index contributed by atoms with van der Waals surface area (Å²) in [7, 11) is -0.880. The highest BCUT2D eigenvalue weighted by Gasteiger charge is 2.27. The van der Waals surface area contributed by atoms with Crippen LogP contribution in [0.25, 0.3) is 0 Å². The van der Waals surface area contributed by atoms with E-state index < -0.39 is 7.12 Å². The van der Waals surface area contributed by atoms with Crippen LogP contribution in [0.5, 0.6) is 0 Å². The number of rotatable bonds is 2. The van der Waals surface area contributed by atoms with Gasteiger partial charge in [0, 0.05) is 11.7 Å². The van der Waals surface area contributed by atoms with E-state index in [0.717, 1.165) is 23.9 Å². The van der Waals surface area contributed by atoms with E-state index in [9.17, 15) is 9.82 Å². The van der Waals surface area contributed by atoms with E-state index in [0.29, 0.717) is 18.3 Å². The number of hydrogen-bond donors (Lipinski definition) is 3. The highest BCUT2D eigenvalue weighted by molar-refractivity contribution is 6.61. The molecular weight excluding hydrogens is 243 g/mol. The van der Waals surface area contributed by atoms with Crippen molar-refractivity contribution < 1.29 is 14.5 Å². The van der Waals surface area contributed by atoms with Gasteiger partial charge in [-0.2, -0.15) is 0 Å². The Bertz CT molecular complexity index is 489. The number of carbonyl (C=O) groups is 1. The second-order valence-electron chi connectivity index (χ2n) is 5.16. The Kier molecular flexibility index (Phi) is 3.44. The number of benzene rings is 1. The molecule has 0 saturated heterocycles. The first-order valence-corrected chi connectivity index (χ1v) is 6.72. The summed E-state index contributed by atoms with van der Waals surface area (Å²) in [6.07, 6.45) is 4.50.